The van der Waals surface area contributed by atoms with Gasteiger partial charge in [-0.15, -0.1) is 0 Å². The topological polar surface area (TPSA) is 79.8 Å². The lowest BCUT2D eigenvalue weighted by Crippen LogP contribution is -2.49. The number of ether oxygens (including phenoxy) is 2. The van der Waals surface area contributed by atoms with Crippen molar-refractivity contribution in [1.82, 2.24) is 14.9 Å². The SMILES string of the molecule is CCOC(=O)N1CCN(c2ccnc(Nc3cc(Cl)ccc3OC)n2)CC1. The zero-order valence-electron chi connectivity index (χ0n) is 15.3. The lowest BCUT2D eigenvalue weighted by Gasteiger charge is -2.34. The Balaban J connectivity index is 1.68. The van der Waals surface area contributed by atoms with E-state index in [1.807, 2.05) is 6.07 Å². The Morgan fingerprint density at radius 1 is 1.26 bits per heavy atom. The minimum atomic E-state index is -0.268. The molecule has 9 heteroatoms. The summed E-state index contributed by atoms with van der Waals surface area (Å²) in [7, 11) is 1.59. The monoisotopic (exact) mass is 391 g/mol. The Bertz CT molecular complexity index is 796. The molecule has 2 aromatic rings. The number of carbonyl (C=O) groups is 1. The van der Waals surface area contributed by atoms with Gasteiger partial charge in [0.05, 0.1) is 19.4 Å². The van der Waals surface area contributed by atoms with Crippen molar-refractivity contribution in [2.24, 2.45) is 0 Å². The number of anilines is 3. The normalized spacial score (nSPS) is 14.0. The summed E-state index contributed by atoms with van der Waals surface area (Å²) in [5, 5.41) is 3.73. The molecule has 0 radical (unpaired) electrons. The summed E-state index contributed by atoms with van der Waals surface area (Å²) in [6.07, 6.45) is 1.43. The van der Waals surface area contributed by atoms with Crippen LogP contribution in [-0.4, -0.2) is 60.9 Å². The summed E-state index contributed by atoms with van der Waals surface area (Å²) < 4.78 is 10.4. The summed E-state index contributed by atoms with van der Waals surface area (Å²) in [6.45, 7) is 4.72. The van der Waals surface area contributed by atoms with Crippen LogP contribution in [0.1, 0.15) is 6.92 Å². The Morgan fingerprint density at radius 2 is 2.04 bits per heavy atom. The first-order chi connectivity index (χ1) is 13.1. The maximum atomic E-state index is 11.8. The molecule has 144 valence electrons. The highest BCUT2D eigenvalue weighted by atomic mass is 35.5. The summed E-state index contributed by atoms with van der Waals surface area (Å²) in [4.78, 5) is 24.5. The molecule has 1 fully saturated rings. The Hall–Kier alpha value is -2.74. The van der Waals surface area contributed by atoms with Crippen LogP contribution >= 0.6 is 11.6 Å². The van der Waals surface area contributed by atoms with E-state index < -0.39 is 0 Å². The van der Waals surface area contributed by atoms with Crippen molar-refractivity contribution in [1.29, 1.82) is 0 Å². The van der Waals surface area contributed by atoms with Crippen LogP contribution in [0.2, 0.25) is 5.02 Å². The number of benzene rings is 1. The predicted molar refractivity (Wildman–Crippen MR) is 104 cm³/mol. The minimum Gasteiger partial charge on any atom is -0.495 e. The van der Waals surface area contributed by atoms with Crippen LogP contribution in [-0.2, 0) is 4.74 Å². The van der Waals surface area contributed by atoms with E-state index in [0.717, 1.165) is 5.82 Å². The standard InChI is InChI=1S/C18H22ClN5O3/c1-3-27-18(25)24-10-8-23(9-11-24)16-6-7-20-17(22-16)21-14-12-13(19)4-5-15(14)26-2/h4-7,12H,3,8-11H2,1-2H3,(H,20,21,22). The number of rotatable bonds is 5. The van der Waals surface area contributed by atoms with Gasteiger partial charge in [-0.25, -0.2) is 9.78 Å². The molecule has 1 N–H and O–H groups in total. The summed E-state index contributed by atoms with van der Waals surface area (Å²) in [5.74, 6) is 1.88. The smallest absolute Gasteiger partial charge is 0.409 e. The van der Waals surface area contributed by atoms with Crippen LogP contribution in [0.3, 0.4) is 0 Å². The van der Waals surface area contributed by atoms with E-state index in [4.69, 9.17) is 21.1 Å². The molecule has 8 nitrogen and oxygen atoms in total. The highest BCUT2D eigenvalue weighted by Crippen LogP contribution is 2.29. The molecular formula is C18H22ClN5O3. The molecule has 1 aromatic carbocycles. The summed E-state index contributed by atoms with van der Waals surface area (Å²) >= 11 is 6.07. The van der Waals surface area contributed by atoms with Crippen molar-refractivity contribution in [2.75, 3.05) is 50.1 Å². The van der Waals surface area contributed by atoms with E-state index in [-0.39, 0.29) is 6.09 Å². The second kappa shape index (κ2) is 8.77. The molecule has 1 aliphatic rings. The number of carbonyl (C=O) groups excluding carboxylic acids is 1. The van der Waals surface area contributed by atoms with Crippen molar-refractivity contribution >= 4 is 35.1 Å². The molecule has 1 saturated heterocycles. The number of nitrogens with one attached hydrogen (secondary N) is 1. The molecule has 0 bridgehead atoms. The van der Waals surface area contributed by atoms with Gasteiger partial charge in [0, 0.05) is 37.4 Å². The van der Waals surface area contributed by atoms with E-state index in [1.165, 1.54) is 0 Å². The first kappa shape index (κ1) is 19.0. The fourth-order valence-corrected chi connectivity index (χ4v) is 2.99. The molecule has 27 heavy (non-hydrogen) atoms. The molecule has 3 rings (SSSR count). The number of nitrogens with zero attached hydrogens (tertiary/aromatic N) is 4. The van der Waals surface area contributed by atoms with E-state index in [2.05, 4.69) is 20.2 Å². The molecule has 0 atom stereocenters. The van der Waals surface area contributed by atoms with Crippen LogP contribution in [0.15, 0.2) is 30.5 Å². The van der Waals surface area contributed by atoms with Gasteiger partial charge in [-0.3, -0.25) is 0 Å². The molecule has 0 aliphatic carbocycles. The Labute approximate surface area is 163 Å². The Kier molecular flexibility index (Phi) is 6.18. The average molecular weight is 392 g/mol. The first-order valence-corrected chi connectivity index (χ1v) is 9.08. The van der Waals surface area contributed by atoms with Gasteiger partial charge in [-0.1, -0.05) is 11.6 Å². The molecule has 1 amide bonds. The van der Waals surface area contributed by atoms with Crippen LogP contribution < -0.4 is 15.0 Å². The zero-order chi connectivity index (χ0) is 19.2. The van der Waals surface area contributed by atoms with Crippen molar-refractivity contribution in [3.05, 3.63) is 35.5 Å². The van der Waals surface area contributed by atoms with Crippen molar-refractivity contribution < 1.29 is 14.3 Å². The van der Waals surface area contributed by atoms with Gasteiger partial charge >= 0.3 is 6.09 Å². The van der Waals surface area contributed by atoms with Gasteiger partial charge in [0.1, 0.15) is 11.6 Å². The molecule has 2 heterocycles. The van der Waals surface area contributed by atoms with Gasteiger partial charge in [-0.2, -0.15) is 4.98 Å². The van der Waals surface area contributed by atoms with Crippen molar-refractivity contribution in [3.8, 4) is 5.75 Å². The third-order valence-corrected chi connectivity index (χ3v) is 4.41. The van der Waals surface area contributed by atoms with Gasteiger partial charge < -0.3 is 24.6 Å². The number of piperazine rings is 1. The van der Waals surface area contributed by atoms with E-state index in [0.29, 0.717) is 55.2 Å². The molecule has 1 aromatic heterocycles. The summed E-state index contributed by atoms with van der Waals surface area (Å²) in [6, 6.07) is 7.14. The largest absolute Gasteiger partial charge is 0.495 e. The van der Waals surface area contributed by atoms with Crippen LogP contribution in [0.4, 0.5) is 22.2 Å². The molecule has 1 aliphatic heterocycles. The minimum absolute atomic E-state index is 0.268. The molecule has 0 saturated carbocycles. The highest BCUT2D eigenvalue weighted by Gasteiger charge is 2.23. The van der Waals surface area contributed by atoms with Gasteiger partial charge in [0.25, 0.3) is 0 Å². The quantitative estimate of drug-likeness (QED) is 0.838. The number of halogens is 1. The second-order valence-corrected chi connectivity index (χ2v) is 6.32. The molecule has 0 spiro atoms. The predicted octanol–water partition coefficient (Wildman–Crippen LogP) is 3.16. The lowest BCUT2D eigenvalue weighted by atomic mass is 10.3. The highest BCUT2D eigenvalue weighted by molar-refractivity contribution is 6.31. The maximum Gasteiger partial charge on any atom is 0.409 e. The fraction of sp³-hybridized carbons (Fsp3) is 0.389. The van der Waals surface area contributed by atoms with E-state index in [9.17, 15) is 4.79 Å². The first-order valence-electron chi connectivity index (χ1n) is 8.71. The van der Waals surface area contributed by atoms with Crippen molar-refractivity contribution in [2.45, 2.75) is 6.92 Å². The van der Waals surface area contributed by atoms with Crippen LogP contribution in [0, 0.1) is 0 Å². The zero-order valence-corrected chi connectivity index (χ0v) is 16.1. The third kappa shape index (κ3) is 4.71. The molecular weight excluding hydrogens is 370 g/mol. The van der Waals surface area contributed by atoms with E-state index in [1.54, 1.807) is 43.3 Å². The fourth-order valence-electron chi connectivity index (χ4n) is 2.82. The lowest BCUT2D eigenvalue weighted by molar-refractivity contribution is 0.105. The average Bonchev–Trinajstić information content (AvgIpc) is 2.69. The van der Waals surface area contributed by atoms with E-state index >= 15 is 0 Å². The summed E-state index contributed by atoms with van der Waals surface area (Å²) in [5.41, 5.74) is 0.689. The van der Waals surface area contributed by atoms with Crippen LogP contribution in [0.5, 0.6) is 5.75 Å². The number of hydrogen-bond donors (Lipinski definition) is 1. The maximum absolute atomic E-state index is 11.8. The van der Waals surface area contributed by atoms with Gasteiger partial charge in [0.2, 0.25) is 5.95 Å². The number of aromatic nitrogens is 2. The Morgan fingerprint density at radius 3 is 2.74 bits per heavy atom. The second-order valence-electron chi connectivity index (χ2n) is 5.88. The van der Waals surface area contributed by atoms with Gasteiger partial charge in [-0.05, 0) is 31.2 Å². The number of hydrogen-bond acceptors (Lipinski definition) is 7. The van der Waals surface area contributed by atoms with Crippen LogP contribution in [0.25, 0.3) is 0 Å². The molecule has 0 unspecified atom stereocenters. The third-order valence-electron chi connectivity index (χ3n) is 4.18. The van der Waals surface area contributed by atoms with Crippen molar-refractivity contribution in [3.63, 3.8) is 0 Å². The van der Waals surface area contributed by atoms with Gasteiger partial charge in [0.15, 0.2) is 0 Å². The number of amides is 1. The number of methoxy groups -OCH3 is 1.